The van der Waals surface area contributed by atoms with E-state index in [1.54, 1.807) is 12.1 Å². The van der Waals surface area contributed by atoms with Gasteiger partial charge in [0, 0.05) is 17.1 Å². The maximum absolute atomic E-state index is 11.1. The molecule has 100 valence electrons. The Labute approximate surface area is 118 Å². The van der Waals surface area contributed by atoms with E-state index in [1.807, 2.05) is 0 Å². The topological polar surface area (TPSA) is 64.3 Å². The molecule has 1 aromatic carbocycles. The molecule has 6 heteroatoms. The van der Waals surface area contributed by atoms with Gasteiger partial charge in [0.05, 0.1) is 16.6 Å². The SMILES string of the molecule is C[C@@H]1CCOCc2nc3cc(C(=O)O)cc(Br)c3n21. The molecular formula is C13H13BrN2O3. The summed E-state index contributed by atoms with van der Waals surface area (Å²) in [5.74, 6) is -0.0988. The molecule has 0 fully saturated rings. The Kier molecular flexibility index (Phi) is 3.06. The minimum atomic E-state index is -0.949. The van der Waals surface area contributed by atoms with Gasteiger partial charge >= 0.3 is 5.97 Å². The average Bonchev–Trinajstić information content (AvgIpc) is 2.64. The van der Waals surface area contributed by atoms with Crippen LogP contribution in [0.1, 0.15) is 35.6 Å². The Morgan fingerprint density at radius 3 is 3.11 bits per heavy atom. The smallest absolute Gasteiger partial charge is 0.335 e. The molecule has 0 unspecified atom stereocenters. The van der Waals surface area contributed by atoms with Crippen molar-refractivity contribution < 1.29 is 14.6 Å². The van der Waals surface area contributed by atoms with Gasteiger partial charge in [-0.2, -0.15) is 0 Å². The van der Waals surface area contributed by atoms with Gasteiger partial charge in [0.15, 0.2) is 0 Å². The van der Waals surface area contributed by atoms with Crippen molar-refractivity contribution in [1.29, 1.82) is 0 Å². The fraction of sp³-hybridized carbons (Fsp3) is 0.385. The number of ether oxygens (including phenoxy) is 1. The van der Waals surface area contributed by atoms with Crippen LogP contribution in [0.3, 0.4) is 0 Å². The molecule has 2 heterocycles. The Morgan fingerprint density at radius 1 is 1.58 bits per heavy atom. The molecule has 1 aliphatic rings. The Balaban J connectivity index is 2.29. The van der Waals surface area contributed by atoms with E-state index in [1.165, 1.54) is 0 Å². The maximum atomic E-state index is 11.1. The molecule has 0 amide bonds. The third-order valence-corrected chi connectivity index (χ3v) is 4.02. The molecule has 0 spiro atoms. The first-order chi connectivity index (χ1) is 9.08. The first-order valence-corrected chi connectivity index (χ1v) is 6.88. The number of hydrogen-bond donors (Lipinski definition) is 1. The van der Waals surface area contributed by atoms with Gasteiger partial charge < -0.3 is 14.4 Å². The Bertz CT molecular complexity index is 665. The molecule has 5 nitrogen and oxygen atoms in total. The zero-order valence-corrected chi connectivity index (χ0v) is 12.0. The molecule has 0 saturated heterocycles. The van der Waals surface area contributed by atoms with Gasteiger partial charge in [0.1, 0.15) is 12.4 Å². The number of carbonyl (C=O) groups is 1. The molecule has 0 aliphatic carbocycles. The van der Waals surface area contributed by atoms with Crippen LogP contribution in [0.4, 0.5) is 0 Å². The summed E-state index contributed by atoms with van der Waals surface area (Å²) >= 11 is 3.46. The molecule has 19 heavy (non-hydrogen) atoms. The highest BCUT2D eigenvalue weighted by Crippen LogP contribution is 2.32. The molecule has 0 bridgehead atoms. The van der Waals surface area contributed by atoms with E-state index in [9.17, 15) is 4.79 Å². The van der Waals surface area contributed by atoms with Crippen molar-refractivity contribution in [3.8, 4) is 0 Å². The van der Waals surface area contributed by atoms with E-state index in [4.69, 9.17) is 9.84 Å². The number of nitrogens with zero attached hydrogens (tertiary/aromatic N) is 2. The molecule has 0 saturated carbocycles. The number of carboxylic acids is 1. The summed E-state index contributed by atoms with van der Waals surface area (Å²) in [6.07, 6.45) is 0.922. The number of imidazole rings is 1. The summed E-state index contributed by atoms with van der Waals surface area (Å²) in [5, 5.41) is 9.09. The lowest BCUT2D eigenvalue weighted by Gasteiger charge is -2.14. The van der Waals surface area contributed by atoms with Gasteiger partial charge in [-0.15, -0.1) is 0 Å². The molecule has 1 aromatic heterocycles. The average molecular weight is 325 g/mol. The lowest BCUT2D eigenvalue weighted by Crippen LogP contribution is -2.07. The van der Waals surface area contributed by atoms with Crippen LogP contribution in [0.25, 0.3) is 11.0 Å². The molecule has 3 rings (SSSR count). The number of benzene rings is 1. The van der Waals surface area contributed by atoms with E-state index in [0.717, 1.165) is 28.8 Å². The van der Waals surface area contributed by atoms with Crippen molar-refractivity contribution in [2.24, 2.45) is 0 Å². The van der Waals surface area contributed by atoms with Crippen LogP contribution in [0.2, 0.25) is 0 Å². The Morgan fingerprint density at radius 2 is 2.37 bits per heavy atom. The number of aromatic nitrogens is 2. The number of halogens is 1. The van der Waals surface area contributed by atoms with E-state index in [0.29, 0.717) is 12.1 Å². The molecule has 1 N–H and O–H groups in total. The molecule has 2 aromatic rings. The van der Waals surface area contributed by atoms with Crippen LogP contribution in [0.15, 0.2) is 16.6 Å². The van der Waals surface area contributed by atoms with Crippen molar-refractivity contribution in [2.45, 2.75) is 26.0 Å². The van der Waals surface area contributed by atoms with Gasteiger partial charge in [0.2, 0.25) is 0 Å². The maximum Gasteiger partial charge on any atom is 0.335 e. The fourth-order valence-corrected chi connectivity index (χ4v) is 3.12. The van der Waals surface area contributed by atoms with Gasteiger partial charge in [0.25, 0.3) is 0 Å². The van der Waals surface area contributed by atoms with Crippen molar-refractivity contribution in [3.05, 3.63) is 28.0 Å². The first kappa shape index (κ1) is 12.6. The number of rotatable bonds is 1. The summed E-state index contributed by atoms with van der Waals surface area (Å²) < 4.78 is 8.42. The van der Waals surface area contributed by atoms with Crippen LogP contribution in [0, 0.1) is 0 Å². The van der Waals surface area contributed by atoms with Crippen LogP contribution >= 0.6 is 15.9 Å². The van der Waals surface area contributed by atoms with Crippen molar-refractivity contribution in [2.75, 3.05) is 6.61 Å². The van der Waals surface area contributed by atoms with Gasteiger partial charge in [-0.1, -0.05) is 0 Å². The highest BCUT2D eigenvalue weighted by molar-refractivity contribution is 9.10. The van der Waals surface area contributed by atoms with E-state index in [2.05, 4.69) is 32.4 Å². The van der Waals surface area contributed by atoms with Crippen LogP contribution < -0.4 is 0 Å². The third kappa shape index (κ3) is 2.04. The van der Waals surface area contributed by atoms with Crippen LogP contribution in [-0.4, -0.2) is 27.2 Å². The zero-order chi connectivity index (χ0) is 13.6. The normalized spacial score (nSPS) is 19.2. The van der Waals surface area contributed by atoms with Crippen molar-refractivity contribution >= 4 is 32.9 Å². The summed E-state index contributed by atoms with van der Waals surface area (Å²) in [4.78, 5) is 15.6. The second-order valence-corrected chi connectivity index (χ2v) is 5.57. The van der Waals surface area contributed by atoms with E-state index >= 15 is 0 Å². The van der Waals surface area contributed by atoms with Crippen molar-refractivity contribution in [3.63, 3.8) is 0 Å². The third-order valence-electron chi connectivity index (χ3n) is 3.41. The predicted molar refractivity (Wildman–Crippen MR) is 73.4 cm³/mol. The number of aromatic carboxylic acids is 1. The van der Waals surface area contributed by atoms with Crippen molar-refractivity contribution in [1.82, 2.24) is 9.55 Å². The van der Waals surface area contributed by atoms with Crippen LogP contribution in [-0.2, 0) is 11.3 Å². The summed E-state index contributed by atoms with van der Waals surface area (Å²) in [7, 11) is 0. The summed E-state index contributed by atoms with van der Waals surface area (Å²) in [6, 6.07) is 3.52. The molecule has 1 aliphatic heterocycles. The Hall–Kier alpha value is -1.40. The van der Waals surface area contributed by atoms with Gasteiger partial charge in [-0.25, -0.2) is 9.78 Å². The second kappa shape index (κ2) is 4.61. The first-order valence-electron chi connectivity index (χ1n) is 6.09. The highest BCUT2D eigenvalue weighted by atomic mass is 79.9. The lowest BCUT2D eigenvalue weighted by atomic mass is 10.2. The molecule has 1 atom stereocenters. The number of carboxylic acid groups (broad SMARTS) is 1. The largest absolute Gasteiger partial charge is 0.478 e. The fourth-order valence-electron chi connectivity index (χ4n) is 2.48. The summed E-state index contributed by atoms with van der Waals surface area (Å²) in [5.41, 5.74) is 1.87. The minimum Gasteiger partial charge on any atom is -0.478 e. The standard InChI is InChI=1S/C13H13BrN2O3/c1-7-2-3-19-6-11-15-10-5-8(13(17)18)4-9(14)12(10)16(7)11/h4-5,7H,2-3,6H2,1H3,(H,17,18)/t7-/m1/s1. The van der Waals surface area contributed by atoms with E-state index < -0.39 is 5.97 Å². The van der Waals surface area contributed by atoms with Gasteiger partial charge in [-0.05, 0) is 41.4 Å². The minimum absolute atomic E-state index is 0.237. The zero-order valence-electron chi connectivity index (χ0n) is 10.4. The van der Waals surface area contributed by atoms with Gasteiger partial charge in [-0.3, -0.25) is 0 Å². The molecule has 0 radical (unpaired) electrons. The predicted octanol–water partition coefficient (Wildman–Crippen LogP) is 2.98. The number of hydrogen-bond acceptors (Lipinski definition) is 3. The highest BCUT2D eigenvalue weighted by Gasteiger charge is 2.22. The molecular weight excluding hydrogens is 312 g/mol. The number of fused-ring (bicyclic) bond motifs is 3. The lowest BCUT2D eigenvalue weighted by molar-refractivity contribution is 0.0697. The van der Waals surface area contributed by atoms with Crippen LogP contribution in [0.5, 0.6) is 0 Å². The van der Waals surface area contributed by atoms with E-state index in [-0.39, 0.29) is 11.6 Å². The monoisotopic (exact) mass is 324 g/mol. The summed E-state index contributed by atoms with van der Waals surface area (Å²) in [6.45, 7) is 3.31. The quantitative estimate of drug-likeness (QED) is 0.875. The second-order valence-electron chi connectivity index (χ2n) is 4.72.